The number of aryl methyl sites for hydroxylation is 1. The van der Waals surface area contributed by atoms with Crippen LogP contribution in [-0.2, 0) is 0 Å². The molecule has 0 atom stereocenters. The molecular formula is C18H22N2. The van der Waals surface area contributed by atoms with Crippen LogP contribution in [0.2, 0.25) is 0 Å². The fourth-order valence-electron chi connectivity index (χ4n) is 2.25. The second kappa shape index (κ2) is 6.90. The van der Waals surface area contributed by atoms with E-state index in [0.717, 1.165) is 24.5 Å². The molecule has 0 aliphatic carbocycles. The highest BCUT2D eigenvalue weighted by molar-refractivity contribution is 5.70. The quantitative estimate of drug-likeness (QED) is 0.797. The fraction of sp³-hybridized carbons (Fsp3) is 0.278. The van der Waals surface area contributed by atoms with Gasteiger partial charge in [-0.15, -0.1) is 0 Å². The average Bonchev–Trinajstić information content (AvgIpc) is 2.47. The maximum atomic E-state index is 4.48. The minimum Gasteiger partial charge on any atom is -0.372 e. The highest BCUT2D eigenvalue weighted by atomic mass is 15.1. The van der Waals surface area contributed by atoms with Crippen LogP contribution in [0.15, 0.2) is 42.5 Å². The summed E-state index contributed by atoms with van der Waals surface area (Å²) in [5, 5.41) is 0. The van der Waals surface area contributed by atoms with Crippen molar-refractivity contribution in [3.8, 4) is 0 Å². The van der Waals surface area contributed by atoms with Crippen LogP contribution in [0, 0.1) is 6.92 Å². The molecule has 0 saturated heterocycles. The van der Waals surface area contributed by atoms with Gasteiger partial charge in [0, 0.05) is 24.5 Å². The lowest BCUT2D eigenvalue weighted by molar-refractivity contribution is 0.866. The van der Waals surface area contributed by atoms with Crippen LogP contribution in [0.25, 0.3) is 12.2 Å². The van der Waals surface area contributed by atoms with Crippen LogP contribution < -0.4 is 4.90 Å². The van der Waals surface area contributed by atoms with Gasteiger partial charge in [-0.05, 0) is 56.7 Å². The van der Waals surface area contributed by atoms with Gasteiger partial charge in [-0.2, -0.15) is 0 Å². The van der Waals surface area contributed by atoms with E-state index >= 15 is 0 Å². The molecule has 2 aromatic rings. The smallest absolute Gasteiger partial charge is 0.0633 e. The second-order valence-electron chi connectivity index (χ2n) is 4.80. The predicted octanol–water partition coefficient (Wildman–Crippen LogP) is 4.41. The summed E-state index contributed by atoms with van der Waals surface area (Å²) in [6.45, 7) is 8.44. The molecule has 2 heteroatoms. The molecular weight excluding hydrogens is 244 g/mol. The van der Waals surface area contributed by atoms with E-state index in [1.807, 2.05) is 25.1 Å². The van der Waals surface area contributed by atoms with E-state index in [4.69, 9.17) is 0 Å². The fourth-order valence-corrected chi connectivity index (χ4v) is 2.25. The first-order chi connectivity index (χ1) is 9.72. The second-order valence-corrected chi connectivity index (χ2v) is 4.80. The van der Waals surface area contributed by atoms with Crippen molar-refractivity contribution in [2.45, 2.75) is 20.8 Å². The first kappa shape index (κ1) is 14.3. The predicted molar refractivity (Wildman–Crippen MR) is 87.9 cm³/mol. The SMILES string of the molecule is CCN(CC)c1cccc(/C=C/c2cccc(C)n2)c1. The molecule has 0 spiro atoms. The van der Waals surface area contributed by atoms with Gasteiger partial charge in [-0.25, -0.2) is 0 Å². The summed E-state index contributed by atoms with van der Waals surface area (Å²) in [4.78, 5) is 6.83. The van der Waals surface area contributed by atoms with E-state index in [-0.39, 0.29) is 0 Å². The van der Waals surface area contributed by atoms with Gasteiger partial charge in [0.15, 0.2) is 0 Å². The Labute approximate surface area is 121 Å². The van der Waals surface area contributed by atoms with Crippen LogP contribution in [-0.4, -0.2) is 18.1 Å². The zero-order valence-corrected chi connectivity index (χ0v) is 12.5. The van der Waals surface area contributed by atoms with Gasteiger partial charge >= 0.3 is 0 Å². The molecule has 0 saturated carbocycles. The van der Waals surface area contributed by atoms with E-state index in [0.29, 0.717) is 0 Å². The molecule has 104 valence electrons. The third kappa shape index (κ3) is 3.70. The highest BCUT2D eigenvalue weighted by Gasteiger charge is 2.01. The molecule has 2 rings (SSSR count). The minimum atomic E-state index is 0.998. The van der Waals surface area contributed by atoms with Crippen molar-refractivity contribution in [1.29, 1.82) is 0 Å². The van der Waals surface area contributed by atoms with E-state index in [1.165, 1.54) is 11.3 Å². The van der Waals surface area contributed by atoms with Crippen molar-refractivity contribution >= 4 is 17.8 Å². The van der Waals surface area contributed by atoms with Crippen molar-refractivity contribution in [2.24, 2.45) is 0 Å². The summed E-state index contributed by atoms with van der Waals surface area (Å²) < 4.78 is 0. The van der Waals surface area contributed by atoms with E-state index in [2.05, 4.69) is 60.1 Å². The Hall–Kier alpha value is -2.09. The Morgan fingerprint density at radius 3 is 2.45 bits per heavy atom. The summed E-state index contributed by atoms with van der Waals surface area (Å²) in [5.74, 6) is 0. The van der Waals surface area contributed by atoms with E-state index in [9.17, 15) is 0 Å². The molecule has 1 heterocycles. The van der Waals surface area contributed by atoms with E-state index < -0.39 is 0 Å². The zero-order chi connectivity index (χ0) is 14.4. The van der Waals surface area contributed by atoms with Crippen LogP contribution in [0.5, 0.6) is 0 Å². The van der Waals surface area contributed by atoms with Crippen LogP contribution in [0.4, 0.5) is 5.69 Å². The summed E-state index contributed by atoms with van der Waals surface area (Å²) in [6.07, 6.45) is 4.18. The summed E-state index contributed by atoms with van der Waals surface area (Å²) in [6, 6.07) is 14.7. The van der Waals surface area contributed by atoms with Crippen molar-refractivity contribution in [1.82, 2.24) is 4.98 Å². The van der Waals surface area contributed by atoms with E-state index in [1.54, 1.807) is 0 Å². The maximum Gasteiger partial charge on any atom is 0.0633 e. The number of anilines is 1. The Morgan fingerprint density at radius 1 is 1.00 bits per heavy atom. The van der Waals surface area contributed by atoms with Crippen molar-refractivity contribution < 1.29 is 0 Å². The molecule has 0 aliphatic rings. The molecule has 1 aromatic heterocycles. The first-order valence-electron chi connectivity index (χ1n) is 7.19. The molecule has 0 aliphatic heterocycles. The Morgan fingerprint density at radius 2 is 1.75 bits per heavy atom. The molecule has 1 aromatic carbocycles. The van der Waals surface area contributed by atoms with Gasteiger partial charge in [0.25, 0.3) is 0 Å². The van der Waals surface area contributed by atoms with Crippen LogP contribution in [0.1, 0.15) is 30.8 Å². The van der Waals surface area contributed by atoms with Crippen molar-refractivity contribution in [3.05, 3.63) is 59.4 Å². The third-order valence-electron chi connectivity index (χ3n) is 3.36. The van der Waals surface area contributed by atoms with Crippen molar-refractivity contribution in [3.63, 3.8) is 0 Å². The standard InChI is InChI=1S/C18H22N2/c1-4-20(5-2)18-11-7-9-16(14-18)12-13-17-10-6-8-15(3)19-17/h6-14H,4-5H2,1-3H3/b13-12+. The topological polar surface area (TPSA) is 16.1 Å². The van der Waals surface area contributed by atoms with Gasteiger partial charge in [-0.3, -0.25) is 4.98 Å². The highest BCUT2D eigenvalue weighted by Crippen LogP contribution is 2.17. The molecule has 0 unspecified atom stereocenters. The van der Waals surface area contributed by atoms with Gasteiger partial charge in [0.05, 0.1) is 5.69 Å². The Balaban J connectivity index is 2.19. The molecule has 0 fully saturated rings. The monoisotopic (exact) mass is 266 g/mol. The molecule has 0 N–H and O–H groups in total. The van der Waals surface area contributed by atoms with Gasteiger partial charge in [-0.1, -0.05) is 24.3 Å². The lowest BCUT2D eigenvalue weighted by Crippen LogP contribution is -2.21. The molecule has 20 heavy (non-hydrogen) atoms. The normalized spacial score (nSPS) is 10.9. The lowest BCUT2D eigenvalue weighted by atomic mass is 10.1. The van der Waals surface area contributed by atoms with Crippen LogP contribution >= 0.6 is 0 Å². The first-order valence-corrected chi connectivity index (χ1v) is 7.19. The maximum absolute atomic E-state index is 4.48. The minimum absolute atomic E-state index is 0.998. The molecule has 2 nitrogen and oxygen atoms in total. The average molecular weight is 266 g/mol. The largest absolute Gasteiger partial charge is 0.372 e. The third-order valence-corrected chi connectivity index (χ3v) is 3.36. The lowest BCUT2D eigenvalue weighted by Gasteiger charge is -2.21. The molecule has 0 bridgehead atoms. The number of rotatable bonds is 5. The molecule has 0 radical (unpaired) electrons. The number of benzene rings is 1. The number of hydrogen-bond donors (Lipinski definition) is 0. The van der Waals surface area contributed by atoms with Gasteiger partial charge in [0.2, 0.25) is 0 Å². The Kier molecular flexibility index (Phi) is 4.94. The zero-order valence-electron chi connectivity index (χ0n) is 12.5. The summed E-state index contributed by atoms with van der Waals surface area (Å²) >= 11 is 0. The molecule has 0 amide bonds. The number of nitrogens with zero attached hydrogens (tertiary/aromatic N) is 2. The number of pyridine rings is 1. The Bertz CT molecular complexity index is 583. The van der Waals surface area contributed by atoms with Crippen LogP contribution in [0.3, 0.4) is 0 Å². The van der Waals surface area contributed by atoms with Gasteiger partial charge in [0.1, 0.15) is 0 Å². The van der Waals surface area contributed by atoms with Gasteiger partial charge < -0.3 is 4.90 Å². The number of aromatic nitrogens is 1. The summed E-state index contributed by atoms with van der Waals surface area (Å²) in [7, 11) is 0. The van der Waals surface area contributed by atoms with Crippen molar-refractivity contribution in [2.75, 3.05) is 18.0 Å². The summed E-state index contributed by atoms with van der Waals surface area (Å²) in [5.41, 5.74) is 4.52. The number of hydrogen-bond acceptors (Lipinski definition) is 2.